The van der Waals surface area contributed by atoms with Crippen LogP contribution in [0.3, 0.4) is 0 Å². The van der Waals surface area contributed by atoms with E-state index in [9.17, 15) is 0 Å². The summed E-state index contributed by atoms with van der Waals surface area (Å²) < 4.78 is 0. The highest BCUT2D eigenvalue weighted by Crippen LogP contribution is 2.67. The van der Waals surface area contributed by atoms with Crippen LogP contribution in [-0.4, -0.2) is 19.6 Å². The van der Waals surface area contributed by atoms with E-state index in [4.69, 9.17) is 0 Å². The third kappa shape index (κ3) is 2.24. The van der Waals surface area contributed by atoms with Gasteiger partial charge >= 0.3 is 0 Å². The minimum Gasteiger partial charge on any atom is -0.384 e. The summed E-state index contributed by atoms with van der Waals surface area (Å²) in [5.41, 5.74) is 3.79. The van der Waals surface area contributed by atoms with Gasteiger partial charge < -0.3 is 10.6 Å². The van der Waals surface area contributed by atoms with Gasteiger partial charge in [-0.2, -0.15) is 0 Å². The lowest BCUT2D eigenvalue weighted by molar-refractivity contribution is 0.453. The number of hydrogen-bond acceptors (Lipinski definition) is 2. The lowest BCUT2D eigenvalue weighted by atomic mass is 9.94. The van der Waals surface area contributed by atoms with E-state index in [2.05, 4.69) is 62.6 Å². The predicted molar refractivity (Wildman–Crippen MR) is 86.0 cm³/mol. The second-order valence-electron chi connectivity index (χ2n) is 7.76. The first-order chi connectivity index (χ1) is 9.43. The van der Waals surface area contributed by atoms with Crippen LogP contribution in [0.2, 0.25) is 0 Å². The number of hydrogen-bond donors (Lipinski definition) is 2. The van der Waals surface area contributed by atoms with Gasteiger partial charge in [0, 0.05) is 12.2 Å². The Morgan fingerprint density at radius 3 is 2.50 bits per heavy atom. The van der Waals surface area contributed by atoms with Gasteiger partial charge in [-0.3, -0.25) is 0 Å². The van der Waals surface area contributed by atoms with Crippen molar-refractivity contribution in [3.8, 4) is 0 Å². The molecule has 2 heteroatoms. The maximum absolute atomic E-state index is 3.72. The van der Waals surface area contributed by atoms with Crippen molar-refractivity contribution in [1.82, 2.24) is 5.32 Å². The molecule has 1 aromatic rings. The Balaban J connectivity index is 1.47. The Bertz CT molecular complexity index is 476. The molecule has 1 aromatic carbocycles. The van der Waals surface area contributed by atoms with E-state index in [1.807, 2.05) is 0 Å². The summed E-state index contributed by atoms with van der Waals surface area (Å²) in [6.07, 6.45) is 1.20. The van der Waals surface area contributed by atoms with Gasteiger partial charge in [-0.1, -0.05) is 45.9 Å². The SMILES string of the molecule is CC1(C)C(CNCC2CNc3ccccc3C2)C1(C)C. The molecule has 1 saturated carbocycles. The first-order valence-corrected chi connectivity index (χ1v) is 7.95. The Morgan fingerprint density at radius 2 is 1.80 bits per heavy atom. The molecule has 1 aliphatic carbocycles. The van der Waals surface area contributed by atoms with E-state index >= 15 is 0 Å². The quantitative estimate of drug-likeness (QED) is 0.876. The molecule has 20 heavy (non-hydrogen) atoms. The van der Waals surface area contributed by atoms with E-state index in [0.717, 1.165) is 31.5 Å². The molecule has 0 spiro atoms. The van der Waals surface area contributed by atoms with Crippen LogP contribution in [0.1, 0.15) is 33.3 Å². The van der Waals surface area contributed by atoms with Crippen molar-refractivity contribution in [2.75, 3.05) is 25.0 Å². The molecule has 1 atom stereocenters. The first-order valence-electron chi connectivity index (χ1n) is 7.95. The molecule has 0 radical (unpaired) electrons. The van der Waals surface area contributed by atoms with Gasteiger partial charge in [-0.05, 0) is 53.8 Å². The van der Waals surface area contributed by atoms with Gasteiger partial charge in [-0.15, -0.1) is 0 Å². The van der Waals surface area contributed by atoms with Crippen LogP contribution < -0.4 is 10.6 Å². The largest absolute Gasteiger partial charge is 0.384 e. The number of para-hydroxylation sites is 1. The predicted octanol–water partition coefficient (Wildman–Crippen LogP) is 3.54. The van der Waals surface area contributed by atoms with Crippen LogP contribution >= 0.6 is 0 Å². The van der Waals surface area contributed by atoms with Crippen molar-refractivity contribution in [2.24, 2.45) is 22.7 Å². The summed E-state index contributed by atoms with van der Waals surface area (Å²) >= 11 is 0. The summed E-state index contributed by atoms with van der Waals surface area (Å²) in [4.78, 5) is 0. The monoisotopic (exact) mass is 272 g/mol. The molecule has 1 fully saturated rings. The molecule has 1 unspecified atom stereocenters. The molecule has 2 nitrogen and oxygen atoms in total. The van der Waals surface area contributed by atoms with Gasteiger partial charge in [0.15, 0.2) is 0 Å². The van der Waals surface area contributed by atoms with Gasteiger partial charge in [0.05, 0.1) is 0 Å². The molecule has 3 rings (SSSR count). The smallest absolute Gasteiger partial charge is 0.0372 e. The number of rotatable bonds is 4. The van der Waals surface area contributed by atoms with E-state index in [1.165, 1.54) is 17.7 Å². The molecule has 2 aliphatic rings. The van der Waals surface area contributed by atoms with Crippen molar-refractivity contribution in [3.63, 3.8) is 0 Å². The van der Waals surface area contributed by atoms with Gasteiger partial charge in [0.1, 0.15) is 0 Å². The Morgan fingerprint density at radius 1 is 1.10 bits per heavy atom. The molecule has 0 aromatic heterocycles. The third-order valence-electron chi connectivity index (χ3n) is 6.21. The molecular weight excluding hydrogens is 244 g/mol. The average molecular weight is 272 g/mol. The molecule has 0 bridgehead atoms. The number of anilines is 1. The fourth-order valence-corrected chi connectivity index (χ4v) is 3.93. The molecule has 2 N–H and O–H groups in total. The molecule has 1 heterocycles. The van der Waals surface area contributed by atoms with Crippen LogP contribution in [0, 0.1) is 22.7 Å². The van der Waals surface area contributed by atoms with Crippen LogP contribution in [-0.2, 0) is 6.42 Å². The lowest BCUT2D eigenvalue weighted by Gasteiger charge is -2.26. The van der Waals surface area contributed by atoms with E-state index in [0.29, 0.717) is 10.8 Å². The Hall–Kier alpha value is -1.02. The second-order valence-corrected chi connectivity index (χ2v) is 7.76. The zero-order valence-corrected chi connectivity index (χ0v) is 13.3. The fourth-order valence-electron chi connectivity index (χ4n) is 3.93. The van der Waals surface area contributed by atoms with Crippen molar-refractivity contribution in [3.05, 3.63) is 29.8 Å². The number of benzene rings is 1. The summed E-state index contributed by atoms with van der Waals surface area (Å²) in [7, 11) is 0. The van der Waals surface area contributed by atoms with Crippen molar-refractivity contribution >= 4 is 5.69 Å². The number of fused-ring (bicyclic) bond motifs is 1. The molecular formula is C18H28N2. The van der Waals surface area contributed by atoms with Crippen molar-refractivity contribution in [1.29, 1.82) is 0 Å². The van der Waals surface area contributed by atoms with E-state index < -0.39 is 0 Å². The maximum Gasteiger partial charge on any atom is 0.0372 e. The minimum atomic E-state index is 0.497. The highest BCUT2D eigenvalue weighted by molar-refractivity contribution is 5.53. The van der Waals surface area contributed by atoms with Gasteiger partial charge in [0.25, 0.3) is 0 Å². The first kappa shape index (κ1) is 13.9. The van der Waals surface area contributed by atoms with Crippen LogP contribution in [0.25, 0.3) is 0 Å². The normalized spacial score (nSPS) is 26.7. The standard InChI is InChI=1S/C18H28N2/c1-17(2)16(18(17,3)4)12-19-10-13-9-14-7-5-6-8-15(14)20-11-13/h5-8,13,16,19-20H,9-12H2,1-4H3. The van der Waals surface area contributed by atoms with Crippen LogP contribution in [0.5, 0.6) is 0 Å². The van der Waals surface area contributed by atoms with E-state index in [1.54, 1.807) is 0 Å². The highest BCUT2D eigenvalue weighted by Gasteiger charge is 2.63. The molecule has 110 valence electrons. The fraction of sp³-hybridized carbons (Fsp3) is 0.667. The van der Waals surface area contributed by atoms with E-state index in [-0.39, 0.29) is 0 Å². The van der Waals surface area contributed by atoms with Crippen molar-refractivity contribution < 1.29 is 0 Å². The second kappa shape index (κ2) is 4.77. The summed E-state index contributed by atoms with van der Waals surface area (Å²) in [6, 6.07) is 8.70. The molecule has 1 aliphatic heterocycles. The van der Waals surface area contributed by atoms with Crippen LogP contribution in [0.4, 0.5) is 5.69 Å². The topological polar surface area (TPSA) is 24.1 Å². The lowest BCUT2D eigenvalue weighted by Crippen LogP contribution is -2.33. The van der Waals surface area contributed by atoms with Gasteiger partial charge in [0.2, 0.25) is 0 Å². The summed E-state index contributed by atoms with van der Waals surface area (Å²) in [5, 5.41) is 7.28. The maximum atomic E-state index is 3.72. The van der Waals surface area contributed by atoms with Gasteiger partial charge in [-0.25, -0.2) is 0 Å². The van der Waals surface area contributed by atoms with Crippen molar-refractivity contribution in [2.45, 2.75) is 34.1 Å². The zero-order valence-electron chi connectivity index (χ0n) is 13.3. The molecule has 0 amide bonds. The zero-order chi connectivity index (χ0) is 14.4. The molecule has 0 saturated heterocycles. The summed E-state index contributed by atoms with van der Waals surface area (Å²) in [6.45, 7) is 13.0. The highest BCUT2D eigenvalue weighted by atomic mass is 14.9. The summed E-state index contributed by atoms with van der Waals surface area (Å²) in [5.74, 6) is 1.54. The third-order valence-corrected chi connectivity index (χ3v) is 6.21. The van der Waals surface area contributed by atoms with Crippen LogP contribution in [0.15, 0.2) is 24.3 Å². The average Bonchev–Trinajstić information content (AvgIpc) is 2.81. The number of nitrogens with one attached hydrogen (secondary N) is 2. The minimum absolute atomic E-state index is 0.497. The Kier molecular flexibility index (Phi) is 3.32. The Labute approximate surface area is 123 Å².